The lowest BCUT2D eigenvalue weighted by Gasteiger charge is -2.27. The van der Waals surface area contributed by atoms with Crippen LogP contribution in [0.4, 0.5) is 0 Å². The number of benzene rings is 1. The molecule has 0 aliphatic carbocycles. The number of guanidine groups is 1. The van der Waals surface area contributed by atoms with Crippen molar-refractivity contribution < 1.29 is 9.47 Å². The molecule has 1 aliphatic heterocycles. The van der Waals surface area contributed by atoms with Crippen molar-refractivity contribution in [2.75, 3.05) is 26.3 Å². The third-order valence-corrected chi connectivity index (χ3v) is 4.10. The molecule has 0 amide bonds. The van der Waals surface area contributed by atoms with Crippen LogP contribution in [-0.2, 0) is 11.3 Å². The minimum absolute atomic E-state index is 0.186. The van der Waals surface area contributed by atoms with Crippen LogP contribution in [0.2, 0.25) is 0 Å². The van der Waals surface area contributed by atoms with Crippen LogP contribution < -0.4 is 10.5 Å². The Balaban J connectivity index is 2.05. The molecule has 1 unspecified atom stereocenters. The molecule has 2 rings (SSSR count). The van der Waals surface area contributed by atoms with Gasteiger partial charge in [0.15, 0.2) is 5.96 Å². The van der Waals surface area contributed by atoms with Crippen LogP contribution in [0, 0.1) is 12.8 Å². The van der Waals surface area contributed by atoms with Crippen molar-refractivity contribution in [3.05, 3.63) is 29.3 Å². The van der Waals surface area contributed by atoms with Crippen molar-refractivity contribution in [1.29, 1.82) is 0 Å². The molecule has 0 aromatic heterocycles. The second-order valence-corrected chi connectivity index (χ2v) is 6.94. The van der Waals surface area contributed by atoms with Gasteiger partial charge in [0, 0.05) is 18.7 Å². The van der Waals surface area contributed by atoms with E-state index in [-0.39, 0.29) is 6.10 Å². The predicted molar refractivity (Wildman–Crippen MR) is 98.4 cm³/mol. The van der Waals surface area contributed by atoms with Gasteiger partial charge in [0.2, 0.25) is 0 Å². The zero-order valence-electron chi connectivity index (χ0n) is 15.4. The summed E-state index contributed by atoms with van der Waals surface area (Å²) in [5, 5.41) is 0. The Morgan fingerprint density at radius 1 is 1.29 bits per heavy atom. The standard InChI is InChI=1S/C19H31N3O2/c1-14(2)11-16(4)24-18-12-15(3)5-6-17(18)13-21-19(20)22-7-9-23-10-8-22/h5-6,12,14,16H,7-11,13H2,1-4H3,(H2,20,21). The lowest BCUT2D eigenvalue weighted by atomic mass is 10.1. The molecule has 0 spiro atoms. The fourth-order valence-corrected chi connectivity index (χ4v) is 2.89. The molecule has 24 heavy (non-hydrogen) atoms. The normalized spacial score (nSPS) is 17.2. The van der Waals surface area contributed by atoms with Crippen molar-refractivity contribution in [3.8, 4) is 5.75 Å². The first-order valence-corrected chi connectivity index (χ1v) is 8.84. The van der Waals surface area contributed by atoms with E-state index in [9.17, 15) is 0 Å². The second kappa shape index (κ2) is 8.92. The van der Waals surface area contributed by atoms with Crippen LogP contribution in [0.15, 0.2) is 23.2 Å². The van der Waals surface area contributed by atoms with Gasteiger partial charge in [0.05, 0.1) is 25.9 Å². The SMILES string of the molecule is Cc1ccc(CN=C(N)N2CCOCC2)c(OC(C)CC(C)C)c1. The number of aliphatic imine (C=N–C) groups is 1. The Morgan fingerprint density at radius 2 is 2.00 bits per heavy atom. The van der Waals surface area contributed by atoms with Crippen molar-refractivity contribution in [2.24, 2.45) is 16.6 Å². The van der Waals surface area contributed by atoms with Crippen molar-refractivity contribution >= 4 is 5.96 Å². The molecule has 134 valence electrons. The van der Waals surface area contributed by atoms with Crippen molar-refractivity contribution in [2.45, 2.75) is 46.8 Å². The molecule has 0 bridgehead atoms. The van der Waals surface area contributed by atoms with E-state index in [1.807, 2.05) is 0 Å². The van der Waals surface area contributed by atoms with Gasteiger partial charge in [-0.15, -0.1) is 0 Å². The summed E-state index contributed by atoms with van der Waals surface area (Å²) in [6.07, 6.45) is 1.22. The maximum Gasteiger partial charge on any atom is 0.191 e. The molecule has 0 radical (unpaired) electrons. The summed E-state index contributed by atoms with van der Waals surface area (Å²) in [5.74, 6) is 2.12. The molecule has 1 saturated heterocycles. The van der Waals surface area contributed by atoms with Crippen molar-refractivity contribution in [1.82, 2.24) is 4.90 Å². The molecule has 5 nitrogen and oxygen atoms in total. The first-order valence-electron chi connectivity index (χ1n) is 8.84. The van der Waals surface area contributed by atoms with Crippen LogP contribution in [-0.4, -0.2) is 43.3 Å². The number of nitrogens with zero attached hydrogens (tertiary/aromatic N) is 2. The van der Waals surface area contributed by atoms with Crippen LogP contribution in [0.25, 0.3) is 0 Å². The molecule has 1 aromatic rings. The summed E-state index contributed by atoms with van der Waals surface area (Å²) in [5.41, 5.74) is 8.39. The minimum Gasteiger partial charge on any atom is -0.490 e. The summed E-state index contributed by atoms with van der Waals surface area (Å²) in [6.45, 7) is 12.2. The molecular formula is C19H31N3O2. The van der Waals surface area contributed by atoms with Gasteiger partial charge < -0.3 is 20.1 Å². The number of ether oxygens (including phenoxy) is 2. The van der Waals surface area contributed by atoms with E-state index >= 15 is 0 Å². The molecule has 1 aromatic carbocycles. The number of hydrogen-bond acceptors (Lipinski definition) is 3. The number of nitrogens with two attached hydrogens (primary N) is 1. The third kappa shape index (κ3) is 5.71. The number of morpholine rings is 1. The average molecular weight is 333 g/mol. The van der Waals surface area contributed by atoms with Gasteiger partial charge in [-0.3, -0.25) is 0 Å². The van der Waals surface area contributed by atoms with Gasteiger partial charge in [-0.1, -0.05) is 26.0 Å². The van der Waals surface area contributed by atoms with E-state index in [1.165, 1.54) is 5.56 Å². The first-order chi connectivity index (χ1) is 11.5. The smallest absolute Gasteiger partial charge is 0.191 e. The fourth-order valence-electron chi connectivity index (χ4n) is 2.89. The van der Waals surface area contributed by atoms with Gasteiger partial charge >= 0.3 is 0 Å². The van der Waals surface area contributed by atoms with Gasteiger partial charge in [-0.05, 0) is 37.8 Å². The monoisotopic (exact) mass is 333 g/mol. The molecule has 5 heteroatoms. The molecule has 1 atom stereocenters. The van der Waals surface area contributed by atoms with E-state index in [0.29, 0.717) is 31.6 Å². The zero-order chi connectivity index (χ0) is 17.5. The van der Waals surface area contributed by atoms with Gasteiger partial charge in [-0.2, -0.15) is 0 Å². The van der Waals surface area contributed by atoms with Crippen LogP contribution in [0.1, 0.15) is 38.3 Å². The average Bonchev–Trinajstić information content (AvgIpc) is 2.54. The number of hydrogen-bond donors (Lipinski definition) is 1. The molecule has 1 fully saturated rings. The molecule has 0 saturated carbocycles. The summed E-state index contributed by atoms with van der Waals surface area (Å²) < 4.78 is 11.5. The van der Waals surface area contributed by atoms with E-state index < -0.39 is 0 Å². The van der Waals surface area contributed by atoms with E-state index in [2.05, 4.69) is 55.8 Å². The molecule has 1 aliphatic rings. The number of rotatable bonds is 6. The zero-order valence-corrected chi connectivity index (χ0v) is 15.4. The highest BCUT2D eigenvalue weighted by molar-refractivity contribution is 5.78. The first kappa shape index (κ1) is 18.6. The Morgan fingerprint density at radius 3 is 2.67 bits per heavy atom. The maximum absolute atomic E-state index is 6.17. The lowest BCUT2D eigenvalue weighted by molar-refractivity contribution is 0.0674. The number of aryl methyl sites for hydroxylation is 1. The summed E-state index contributed by atoms with van der Waals surface area (Å²) in [4.78, 5) is 6.63. The largest absolute Gasteiger partial charge is 0.490 e. The Kier molecular flexibility index (Phi) is 6.91. The highest BCUT2D eigenvalue weighted by Crippen LogP contribution is 2.24. The topological polar surface area (TPSA) is 60.1 Å². The second-order valence-electron chi connectivity index (χ2n) is 6.94. The Bertz CT molecular complexity index is 552. The summed E-state index contributed by atoms with van der Waals surface area (Å²) >= 11 is 0. The lowest BCUT2D eigenvalue weighted by Crippen LogP contribution is -2.44. The van der Waals surface area contributed by atoms with Crippen molar-refractivity contribution in [3.63, 3.8) is 0 Å². The van der Waals surface area contributed by atoms with Crippen LogP contribution in [0.3, 0.4) is 0 Å². The predicted octanol–water partition coefficient (Wildman–Crippen LogP) is 2.96. The molecule has 1 heterocycles. The fraction of sp³-hybridized carbons (Fsp3) is 0.632. The highest BCUT2D eigenvalue weighted by atomic mass is 16.5. The van der Waals surface area contributed by atoms with Gasteiger partial charge in [0.25, 0.3) is 0 Å². The van der Waals surface area contributed by atoms with Gasteiger partial charge in [-0.25, -0.2) is 4.99 Å². The maximum atomic E-state index is 6.17. The third-order valence-electron chi connectivity index (χ3n) is 4.10. The summed E-state index contributed by atoms with van der Waals surface area (Å²) in [6, 6.07) is 6.27. The molecular weight excluding hydrogens is 302 g/mol. The molecule has 2 N–H and O–H groups in total. The van der Waals surface area contributed by atoms with Crippen LogP contribution in [0.5, 0.6) is 5.75 Å². The Hall–Kier alpha value is -1.75. The van der Waals surface area contributed by atoms with E-state index in [4.69, 9.17) is 15.2 Å². The van der Waals surface area contributed by atoms with Crippen LogP contribution >= 0.6 is 0 Å². The highest BCUT2D eigenvalue weighted by Gasteiger charge is 2.14. The van der Waals surface area contributed by atoms with Gasteiger partial charge in [0.1, 0.15) is 5.75 Å². The van der Waals surface area contributed by atoms with E-state index in [0.717, 1.165) is 30.8 Å². The Labute approximate surface area is 145 Å². The summed E-state index contributed by atoms with van der Waals surface area (Å²) in [7, 11) is 0. The quantitative estimate of drug-likeness (QED) is 0.642. The minimum atomic E-state index is 0.186. The van der Waals surface area contributed by atoms with E-state index in [1.54, 1.807) is 0 Å².